The zero-order valence-electron chi connectivity index (χ0n) is 8.20. The fourth-order valence-electron chi connectivity index (χ4n) is 1.11. The van der Waals surface area contributed by atoms with Crippen molar-refractivity contribution in [3.63, 3.8) is 0 Å². The van der Waals surface area contributed by atoms with E-state index in [0.717, 1.165) is 19.3 Å². The highest BCUT2D eigenvalue weighted by Crippen LogP contribution is 2.42. The van der Waals surface area contributed by atoms with Gasteiger partial charge in [-0.1, -0.05) is 20.8 Å². The third-order valence-electron chi connectivity index (χ3n) is 2.39. The molecule has 0 aliphatic heterocycles. The summed E-state index contributed by atoms with van der Waals surface area (Å²) in [5, 5.41) is -0.101. The van der Waals surface area contributed by atoms with Crippen molar-refractivity contribution in [2.75, 3.05) is 0 Å². The summed E-state index contributed by atoms with van der Waals surface area (Å²) < 4.78 is 33.6. The summed E-state index contributed by atoms with van der Waals surface area (Å²) in [4.78, 5) is 0. The van der Waals surface area contributed by atoms with Crippen LogP contribution in [0.25, 0.3) is 0 Å². The van der Waals surface area contributed by atoms with E-state index in [1.165, 1.54) is 0 Å². The maximum Gasteiger partial charge on any atom is 0.400 e. The second-order valence-corrected chi connectivity index (χ2v) is 5.74. The average Bonchev–Trinajstić information content (AvgIpc) is 2.06. The Morgan fingerprint density at radius 3 is 1.85 bits per heavy atom. The zero-order chi connectivity index (χ0) is 10.5. The van der Waals surface area contributed by atoms with Gasteiger partial charge in [0.05, 0.1) is 0 Å². The Morgan fingerprint density at radius 2 is 1.62 bits per heavy atom. The van der Waals surface area contributed by atoms with Gasteiger partial charge in [-0.25, -0.2) is 3.97 Å². The van der Waals surface area contributed by atoms with Crippen LogP contribution < -0.4 is 0 Å². The minimum absolute atomic E-state index is 0.101. The third kappa shape index (κ3) is 4.91. The lowest BCUT2D eigenvalue weighted by atomic mass is 9.99. The summed E-state index contributed by atoms with van der Waals surface area (Å²) in [5.74, 6) is 0. The van der Waals surface area contributed by atoms with Crippen molar-refractivity contribution in [2.45, 2.75) is 45.2 Å². The zero-order valence-corrected chi connectivity index (χ0v) is 10.0. The molecule has 0 saturated carbocycles. The van der Waals surface area contributed by atoms with Crippen molar-refractivity contribution in [2.24, 2.45) is 0 Å². The Balaban J connectivity index is 4.27. The highest BCUT2D eigenvalue weighted by Gasteiger charge is 2.26. The van der Waals surface area contributed by atoms with Crippen molar-refractivity contribution < 1.29 is 16.9 Å². The molecule has 0 bridgehead atoms. The van der Waals surface area contributed by atoms with E-state index in [4.69, 9.17) is 4.55 Å². The van der Waals surface area contributed by atoms with Crippen LogP contribution in [0.4, 0.5) is 0 Å². The maximum absolute atomic E-state index is 10.4. The van der Waals surface area contributed by atoms with E-state index in [1.54, 1.807) is 0 Å². The molecule has 1 unspecified atom stereocenters. The van der Waals surface area contributed by atoms with Gasteiger partial charge in [0, 0.05) is 14.0 Å². The van der Waals surface area contributed by atoms with Gasteiger partial charge in [-0.3, -0.25) is 4.55 Å². The van der Waals surface area contributed by atoms with Crippen LogP contribution in [0.2, 0.25) is 0 Å². The monoisotopic (exact) mass is 228 g/mol. The topological polar surface area (TPSA) is 63.6 Å². The van der Waals surface area contributed by atoms with Gasteiger partial charge in [-0.15, -0.1) is 0 Å². The molecular formula is C7H17O4PS. The second kappa shape index (κ2) is 5.25. The Kier molecular flexibility index (Phi) is 5.37. The molecule has 0 fully saturated rings. The minimum Gasteiger partial charge on any atom is -0.263 e. The maximum atomic E-state index is 10.4. The second-order valence-electron chi connectivity index (χ2n) is 2.95. The summed E-state index contributed by atoms with van der Waals surface area (Å²) in [6, 6.07) is 0. The van der Waals surface area contributed by atoms with Crippen molar-refractivity contribution in [1.82, 2.24) is 0 Å². The van der Waals surface area contributed by atoms with E-state index in [2.05, 4.69) is 3.97 Å². The van der Waals surface area contributed by atoms with E-state index in [1.807, 2.05) is 20.8 Å². The molecule has 0 aromatic rings. The van der Waals surface area contributed by atoms with Crippen LogP contribution in [-0.4, -0.2) is 18.1 Å². The van der Waals surface area contributed by atoms with Crippen LogP contribution >= 0.6 is 8.81 Å². The minimum atomic E-state index is -4.28. The molecule has 6 heteroatoms. The molecule has 0 spiro atoms. The van der Waals surface area contributed by atoms with Gasteiger partial charge in [0.25, 0.3) is 0 Å². The molecule has 0 aliphatic carbocycles. The van der Waals surface area contributed by atoms with E-state index < -0.39 is 10.4 Å². The van der Waals surface area contributed by atoms with E-state index in [0.29, 0.717) is 0 Å². The Labute approximate surface area is 81.9 Å². The van der Waals surface area contributed by atoms with Crippen LogP contribution in [0.15, 0.2) is 0 Å². The summed E-state index contributed by atoms with van der Waals surface area (Å²) >= 11 is 0. The van der Waals surface area contributed by atoms with Crippen LogP contribution in [0.1, 0.15) is 40.0 Å². The number of hydrogen-bond donors (Lipinski definition) is 1. The highest BCUT2D eigenvalue weighted by atomic mass is 32.3. The summed E-state index contributed by atoms with van der Waals surface area (Å²) in [6.07, 6.45) is 2.57. The van der Waals surface area contributed by atoms with Gasteiger partial charge >= 0.3 is 10.4 Å². The Morgan fingerprint density at radius 1 is 1.23 bits per heavy atom. The smallest absolute Gasteiger partial charge is 0.263 e. The molecule has 1 atom stereocenters. The van der Waals surface area contributed by atoms with E-state index in [9.17, 15) is 8.42 Å². The van der Waals surface area contributed by atoms with Crippen LogP contribution in [-0.2, 0) is 14.4 Å². The normalized spacial score (nSPS) is 14.2. The van der Waals surface area contributed by atoms with E-state index >= 15 is 0 Å². The van der Waals surface area contributed by atoms with Crippen LogP contribution in [0, 0.1) is 0 Å². The van der Waals surface area contributed by atoms with Gasteiger partial charge in [-0.05, 0) is 19.3 Å². The standard InChI is InChI=1S/C7H17O4PS/c1-4-7(5-2,6-3)12-11-13(8,9)10/h12H,4-6H2,1-3H3,(H,8,9,10). The third-order valence-corrected chi connectivity index (χ3v) is 5.06. The molecule has 0 radical (unpaired) electrons. The van der Waals surface area contributed by atoms with Crippen molar-refractivity contribution in [3.8, 4) is 0 Å². The lowest BCUT2D eigenvalue weighted by molar-refractivity contribution is 0.392. The van der Waals surface area contributed by atoms with Crippen molar-refractivity contribution in [1.29, 1.82) is 0 Å². The van der Waals surface area contributed by atoms with Gasteiger partial charge in [-0.2, -0.15) is 8.42 Å². The molecule has 0 rings (SSSR count). The fourth-order valence-corrected chi connectivity index (χ4v) is 2.67. The van der Waals surface area contributed by atoms with Gasteiger partial charge in [0.1, 0.15) is 0 Å². The molecule has 80 valence electrons. The van der Waals surface area contributed by atoms with E-state index in [-0.39, 0.29) is 14.0 Å². The quantitative estimate of drug-likeness (QED) is 0.560. The molecule has 0 aromatic carbocycles. The molecule has 0 heterocycles. The number of hydrogen-bond acceptors (Lipinski definition) is 3. The molecule has 4 nitrogen and oxygen atoms in total. The fraction of sp³-hybridized carbons (Fsp3) is 1.00. The first-order valence-electron chi connectivity index (χ1n) is 4.32. The lowest BCUT2D eigenvalue weighted by Gasteiger charge is -2.28. The molecule has 0 aromatic heterocycles. The number of rotatable bonds is 6. The molecule has 13 heavy (non-hydrogen) atoms. The van der Waals surface area contributed by atoms with Gasteiger partial charge < -0.3 is 0 Å². The van der Waals surface area contributed by atoms with Gasteiger partial charge in [0.15, 0.2) is 0 Å². The summed E-state index contributed by atoms with van der Waals surface area (Å²) in [5.41, 5.74) is 0. The first-order valence-corrected chi connectivity index (χ1v) is 6.59. The first-order chi connectivity index (χ1) is 5.89. The van der Waals surface area contributed by atoms with Crippen LogP contribution in [0.5, 0.6) is 0 Å². The highest BCUT2D eigenvalue weighted by molar-refractivity contribution is 7.84. The summed E-state index contributed by atoms with van der Waals surface area (Å²) in [6.45, 7) is 5.98. The van der Waals surface area contributed by atoms with Crippen LogP contribution in [0.3, 0.4) is 0 Å². The molecule has 0 saturated heterocycles. The first kappa shape index (κ1) is 13.3. The predicted octanol–water partition coefficient (Wildman–Crippen LogP) is 2.37. The molecular weight excluding hydrogens is 211 g/mol. The van der Waals surface area contributed by atoms with Gasteiger partial charge in [0.2, 0.25) is 0 Å². The molecule has 1 N–H and O–H groups in total. The Bertz CT molecular complexity index is 225. The Hall–Kier alpha value is 0.300. The molecule has 0 aliphatic rings. The largest absolute Gasteiger partial charge is 0.400 e. The molecule has 0 amide bonds. The van der Waals surface area contributed by atoms with Crippen molar-refractivity contribution >= 4 is 19.2 Å². The summed E-state index contributed by atoms with van der Waals surface area (Å²) in [7, 11) is -4.47. The average molecular weight is 228 g/mol. The van der Waals surface area contributed by atoms with Crippen molar-refractivity contribution in [3.05, 3.63) is 0 Å². The SMILES string of the molecule is CCC(CC)(CC)POS(=O)(=O)O. The lowest BCUT2D eigenvalue weighted by Crippen LogP contribution is -2.20. The predicted molar refractivity (Wildman–Crippen MR) is 54.6 cm³/mol.